The standard InChI is InChI=1S/C10H12O2/c1-6-4-7(2)9(8(3)5-6)10-11-12-10/h4-5,10H,1-3H3. The second-order valence-electron chi connectivity index (χ2n) is 3.34. The summed E-state index contributed by atoms with van der Waals surface area (Å²) in [6.45, 7) is 6.26. The maximum Gasteiger partial charge on any atom is 0.250 e. The van der Waals surface area contributed by atoms with E-state index in [1.165, 1.54) is 22.3 Å². The molecule has 12 heavy (non-hydrogen) atoms. The van der Waals surface area contributed by atoms with Gasteiger partial charge in [0.1, 0.15) is 0 Å². The third-order valence-electron chi connectivity index (χ3n) is 2.17. The van der Waals surface area contributed by atoms with Crippen molar-refractivity contribution in [2.75, 3.05) is 0 Å². The van der Waals surface area contributed by atoms with Crippen LogP contribution in [0.3, 0.4) is 0 Å². The van der Waals surface area contributed by atoms with Gasteiger partial charge >= 0.3 is 0 Å². The average Bonchev–Trinajstić information content (AvgIpc) is 2.68. The summed E-state index contributed by atoms with van der Waals surface area (Å²) in [4.78, 5) is 9.59. The first-order valence-corrected chi connectivity index (χ1v) is 4.08. The van der Waals surface area contributed by atoms with Crippen LogP contribution in [0, 0.1) is 20.8 Å². The van der Waals surface area contributed by atoms with Gasteiger partial charge in [-0.25, -0.2) is 0 Å². The van der Waals surface area contributed by atoms with E-state index in [9.17, 15) is 0 Å². The molecule has 0 saturated carbocycles. The van der Waals surface area contributed by atoms with Crippen LogP contribution in [0.15, 0.2) is 12.1 Å². The van der Waals surface area contributed by atoms with E-state index < -0.39 is 0 Å². The summed E-state index contributed by atoms with van der Waals surface area (Å²) in [6.07, 6.45) is -0.106. The fourth-order valence-electron chi connectivity index (χ4n) is 1.69. The number of benzene rings is 1. The highest BCUT2D eigenvalue weighted by molar-refractivity contribution is 5.38. The molecule has 1 aromatic rings. The van der Waals surface area contributed by atoms with E-state index in [-0.39, 0.29) is 6.29 Å². The van der Waals surface area contributed by atoms with Crippen LogP contribution in [0.5, 0.6) is 0 Å². The number of aryl methyl sites for hydroxylation is 3. The van der Waals surface area contributed by atoms with Crippen molar-refractivity contribution in [2.45, 2.75) is 27.1 Å². The Labute approximate surface area is 72.0 Å². The highest BCUT2D eigenvalue weighted by atomic mass is 17.4. The fourth-order valence-corrected chi connectivity index (χ4v) is 1.69. The SMILES string of the molecule is Cc1cc(C)c(C2OO2)c(C)c1. The van der Waals surface area contributed by atoms with Crippen LogP contribution in [0.1, 0.15) is 28.5 Å². The Hall–Kier alpha value is -0.860. The van der Waals surface area contributed by atoms with E-state index in [4.69, 9.17) is 9.78 Å². The first-order chi connectivity index (χ1) is 5.68. The highest BCUT2D eigenvalue weighted by Crippen LogP contribution is 2.36. The number of hydrogen-bond donors (Lipinski definition) is 0. The molecule has 2 nitrogen and oxygen atoms in total. The Morgan fingerprint density at radius 1 is 1.00 bits per heavy atom. The molecule has 1 aliphatic heterocycles. The Balaban J connectivity index is 2.51. The molecule has 0 aliphatic carbocycles. The topological polar surface area (TPSA) is 25.1 Å². The lowest BCUT2D eigenvalue weighted by Crippen LogP contribution is -1.92. The van der Waals surface area contributed by atoms with Crippen molar-refractivity contribution >= 4 is 0 Å². The maximum absolute atomic E-state index is 4.80. The van der Waals surface area contributed by atoms with Crippen LogP contribution in [-0.2, 0) is 9.78 Å². The molecule has 0 atom stereocenters. The Morgan fingerprint density at radius 3 is 1.92 bits per heavy atom. The van der Waals surface area contributed by atoms with E-state index in [0.29, 0.717) is 0 Å². The molecule has 0 unspecified atom stereocenters. The molecular formula is C10H12O2. The molecule has 2 rings (SSSR count). The van der Waals surface area contributed by atoms with Crippen molar-refractivity contribution in [3.05, 3.63) is 34.4 Å². The first kappa shape index (κ1) is 7.77. The monoisotopic (exact) mass is 164 g/mol. The summed E-state index contributed by atoms with van der Waals surface area (Å²) >= 11 is 0. The molecule has 0 bridgehead atoms. The van der Waals surface area contributed by atoms with Crippen LogP contribution < -0.4 is 0 Å². The van der Waals surface area contributed by atoms with Gasteiger partial charge in [-0.05, 0) is 31.9 Å². The van der Waals surface area contributed by atoms with Crippen LogP contribution in [-0.4, -0.2) is 0 Å². The molecule has 1 aromatic carbocycles. The van der Waals surface area contributed by atoms with Gasteiger partial charge in [0.15, 0.2) is 0 Å². The zero-order valence-electron chi connectivity index (χ0n) is 7.55. The van der Waals surface area contributed by atoms with Gasteiger partial charge in [0.25, 0.3) is 0 Å². The molecule has 0 spiro atoms. The van der Waals surface area contributed by atoms with Gasteiger partial charge in [0.2, 0.25) is 6.29 Å². The highest BCUT2D eigenvalue weighted by Gasteiger charge is 2.31. The zero-order chi connectivity index (χ0) is 8.72. The molecule has 1 heterocycles. The van der Waals surface area contributed by atoms with Crippen molar-refractivity contribution < 1.29 is 9.78 Å². The summed E-state index contributed by atoms with van der Waals surface area (Å²) in [6, 6.07) is 4.29. The van der Waals surface area contributed by atoms with Gasteiger partial charge in [0, 0.05) is 5.56 Å². The minimum atomic E-state index is -0.106. The van der Waals surface area contributed by atoms with Crippen molar-refractivity contribution in [2.24, 2.45) is 0 Å². The Morgan fingerprint density at radius 2 is 1.50 bits per heavy atom. The van der Waals surface area contributed by atoms with E-state index >= 15 is 0 Å². The quantitative estimate of drug-likeness (QED) is 0.470. The molecule has 64 valence electrons. The molecule has 0 aromatic heterocycles. The predicted molar refractivity (Wildman–Crippen MR) is 45.6 cm³/mol. The van der Waals surface area contributed by atoms with Crippen LogP contribution in [0.2, 0.25) is 0 Å². The van der Waals surface area contributed by atoms with Crippen molar-refractivity contribution in [3.8, 4) is 0 Å². The third-order valence-corrected chi connectivity index (χ3v) is 2.17. The minimum absolute atomic E-state index is 0.106. The third kappa shape index (κ3) is 1.24. The molecule has 0 N–H and O–H groups in total. The fraction of sp³-hybridized carbons (Fsp3) is 0.400. The second-order valence-corrected chi connectivity index (χ2v) is 3.34. The minimum Gasteiger partial charge on any atom is -0.193 e. The average molecular weight is 164 g/mol. The largest absolute Gasteiger partial charge is 0.250 e. The van der Waals surface area contributed by atoms with Gasteiger partial charge in [0.05, 0.1) is 0 Å². The number of rotatable bonds is 1. The van der Waals surface area contributed by atoms with Crippen LogP contribution >= 0.6 is 0 Å². The van der Waals surface area contributed by atoms with E-state index in [0.717, 1.165) is 0 Å². The summed E-state index contributed by atoms with van der Waals surface area (Å²) in [5.74, 6) is 0. The van der Waals surface area contributed by atoms with Gasteiger partial charge in [-0.1, -0.05) is 17.7 Å². The maximum atomic E-state index is 4.80. The lowest BCUT2D eigenvalue weighted by atomic mass is 10.00. The van der Waals surface area contributed by atoms with E-state index in [1.807, 2.05) is 0 Å². The normalized spacial score (nSPS) is 16.6. The Kier molecular flexibility index (Phi) is 1.67. The lowest BCUT2D eigenvalue weighted by molar-refractivity contribution is 0.0850. The van der Waals surface area contributed by atoms with E-state index in [1.54, 1.807) is 0 Å². The zero-order valence-corrected chi connectivity index (χ0v) is 7.55. The van der Waals surface area contributed by atoms with Gasteiger partial charge in [-0.2, -0.15) is 9.78 Å². The molecule has 2 heteroatoms. The summed E-state index contributed by atoms with van der Waals surface area (Å²) in [5.41, 5.74) is 4.96. The van der Waals surface area contributed by atoms with Gasteiger partial charge < -0.3 is 0 Å². The summed E-state index contributed by atoms with van der Waals surface area (Å²) < 4.78 is 0. The van der Waals surface area contributed by atoms with Gasteiger partial charge in [-0.3, -0.25) is 0 Å². The number of hydrogen-bond acceptors (Lipinski definition) is 2. The van der Waals surface area contributed by atoms with Crippen molar-refractivity contribution in [1.82, 2.24) is 0 Å². The smallest absolute Gasteiger partial charge is 0.193 e. The Bertz CT molecular complexity index is 291. The lowest BCUT2D eigenvalue weighted by Gasteiger charge is -2.05. The molecule has 1 aliphatic rings. The van der Waals surface area contributed by atoms with Crippen LogP contribution in [0.4, 0.5) is 0 Å². The van der Waals surface area contributed by atoms with Crippen molar-refractivity contribution in [1.29, 1.82) is 0 Å². The van der Waals surface area contributed by atoms with Crippen molar-refractivity contribution in [3.63, 3.8) is 0 Å². The molecule has 1 fully saturated rings. The second kappa shape index (κ2) is 2.57. The molecule has 0 amide bonds. The van der Waals surface area contributed by atoms with Crippen LogP contribution in [0.25, 0.3) is 0 Å². The molecule has 1 saturated heterocycles. The molecule has 0 radical (unpaired) electrons. The van der Waals surface area contributed by atoms with Gasteiger partial charge in [-0.15, -0.1) is 0 Å². The van der Waals surface area contributed by atoms with E-state index in [2.05, 4.69) is 32.9 Å². The summed E-state index contributed by atoms with van der Waals surface area (Å²) in [7, 11) is 0. The summed E-state index contributed by atoms with van der Waals surface area (Å²) in [5, 5.41) is 0. The first-order valence-electron chi connectivity index (χ1n) is 4.08. The molecular weight excluding hydrogens is 152 g/mol. The predicted octanol–water partition coefficient (Wildman–Crippen LogP) is 2.57.